The molecule has 0 bridgehead atoms. The van der Waals surface area contributed by atoms with E-state index in [9.17, 15) is 8.78 Å². The fourth-order valence-corrected chi connectivity index (χ4v) is 4.95. The van der Waals surface area contributed by atoms with Gasteiger partial charge in [-0.25, -0.2) is 0 Å². The van der Waals surface area contributed by atoms with Crippen LogP contribution in [0.4, 0.5) is 8.78 Å². The Morgan fingerprint density at radius 2 is 1.50 bits per heavy atom. The van der Waals surface area contributed by atoms with E-state index in [-0.39, 0.29) is 5.75 Å². The van der Waals surface area contributed by atoms with Gasteiger partial charge in [0.05, 0.1) is 13.2 Å². The van der Waals surface area contributed by atoms with Crippen molar-refractivity contribution in [2.75, 3.05) is 13.2 Å². The van der Waals surface area contributed by atoms with E-state index >= 15 is 0 Å². The van der Waals surface area contributed by atoms with Gasteiger partial charge >= 0.3 is 6.61 Å². The number of halogens is 2. The van der Waals surface area contributed by atoms with Crippen LogP contribution in [0.15, 0.2) is 24.3 Å². The molecule has 1 aromatic rings. The lowest BCUT2D eigenvalue weighted by Crippen LogP contribution is -2.34. The van der Waals surface area contributed by atoms with Crippen LogP contribution < -0.4 is 4.74 Å². The summed E-state index contributed by atoms with van der Waals surface area (Å²) in [5, 5.41) is 0. The molecule has 1 saturated heterocycles. The van der Waals surface area contributed by atoms with Crippen LogP contribution in [0.2, 0.25) is 0 Å². The van der Waals surface area contributed by atoms with Crippen LogP contribution in [0, 0.1) is 17.8 Å². The SMILES string of the molecule is CCCCCCCC[C@H]1CC[C@H](C2COC(c3ccc(OC(F)F)cc3)OC2)CC1. The summed E-state index contributed by atoms with van der Waals surface area (Å²) in [5.74, 6) is 2.24. The predicted octanol–water partition coefficient (Wildman–Crippen LogP) is 7.51. The van der Waals surface area contributed by atoms with Crippen molar-refractivity contribution in [3.05, 3.63) is 29.8 Å². The highest BCUT2D eigenvalue weighted by Crippen LogP contribution is 2.39. The van der Waals surface area contributed by atoms with Crippen LogP contribution in [-0.4, -0.2) is 19.8 Å². The molecule has 5 heteroatoms. The Balaban J connectivity index is 1.32. The maximum Gasteiger partial charge on any atom is 0.387 e. The number of ether oxygens (including phenoxy) is 3. The first-order valence-corrected chi connectivity index (χ1v) is 11.9. The van der Waals surface area contributed by atoms with Gasteiger partial charge in [-0.3, -0.25) is 0 Å². The first-order valence-electron chi connectivity index (χ1n) is 11.9. The second-order valence-electron chi connectivity index (χ2n) is 9.04. The van der Waals surface area contributed by atoms with E-state index in [4.69, 9.17) is 9.47 Å². The van der Waals surface area contributed by atoms with Gasteiger partial charge in [-0.1, -0.05) is 76.8 Å². The van der Waals surface area contributed by atoms with E-state index in [1.54, 1.807) is 12.1 Å². The summed E-state index contributed by atoms with van der Waals surface area (Å²) in [6.45, 7) is 0.895. The number of rotatable bonds is 11. The molecule has 1 aromatic carbocycles. The van der Waals surface area contributed by atoms with E-state index in [0.29, 0.717) is 25.0 Å². The highest BCUT2D eigenvalue weighted by molar-refractivity contribution is 5.28. The Morgan fingerprint density at radius 1 is 0.867 bits per heavy atom. The van der Waals surface area contributed by atoms with E-state index in [1.165, 1.54) is 82.8 Å². The second kappa shape index (κ2) is 12.6. The monoisotopic (exact) mass is 424 g/mol. The molecule has 0 N–H and O–H groups in total. The van der Waals surface area contributed by atoms with Gasteiger partial charge in [0.1, 0.15) is 5.75 Å². The van der Waals surface area contributed by atoms with Crippen LogP contribution in [0.1, 0.15) is 89.4 Å². The molecule has 0 spiro atoms. The average molecular weight is 425 g/mol. The third-order valence-electron chi connectivity index (χ3n) is 6.82. The molecule has 0 amide bonds. The first-order chi connectivity index (χ1) is 14.7. The predicted molar refractivity (Wildman–Crippen MR) is 115 cm³/mol. The van der Waals surface area contributed by atoms with E-state index in [0.717, 1.165) is 11.5 Å². The standard InChI is InChI=1S/C25H38F2O3/c1-2-3-4-5-6-7-8-19-9-11-20(12-10-19)22-17-28-24(29-18-22)21-13-15-23(16-14-21)30-25(26)27/h13-16,19-20,22,24-25H,2-12,17-18H2,1H3/t19-,20-,22?,24?. The van der Waals surface area contributed by atoms with Crippen LogP contribution in [0.25, 0.3) is 0 Å². The van der Waals surface area contributed by atoms with Crippen molar-refractivity contribution in [2.24, 2.45) is 17.8 Å². The Morgan fingerprint density at radius 3 is 2.13 bits per heavy atom. The molecular weight excluding hydrogens is 386 g/mol. The molecule has 1 saturated carbocycles. The first kappa shape index (κ1) is 23.5. The van der Waals surface area contributed by atoms with Crippen molar-refractivity contribution in [1.29, 1.82) is 0 Å². The minimum Gasteiger partial charge on any atom is -0.435 e. The van der Waals surface area contributed by atoms with Gasteiger partial charge in [-0.15, -0.1) is 0 Å². The zero-order chi connectivity index (χ0) is 21.2. The number of benzene rings is 1. The lowest BCUT2D eigenvalue weighted by Gasteiger charge is -2.38. The van der Waals surface area contributed by atoms with Crippen LogP contribution in [0.3, 0.4) is 0 Å². The fraction of sp³-hybridized carbons (Fsp3) is 0.760. The lowest BCUT2D eigenvalue weighted by molar-refractivity contribution is -0.214. The average Bonchev–Trinajstić information content (AvgIpc) is 2.77. The highest BCUT2D eigenvalue weighted by Gasteiger charge is 2.32. The smallest absolute Gasteiger partial charge is 0.387 e. The summed E-state index contributed by atoms with van der Waals surface area (Å²) in [6.07, 6.45) is 14.6. The van der Waals surface area contributed by atoms with E-state index in [2.05, 4.69) is 11.7 Å². The zero-order valence-electron chi connectivity index (χ0n) is 18.4. The Hall–Kier alpha value is -1.20. The number of hydrogen-bond acceptors (Lipinski definition) is 3. The van der Waals surface area contributed by atoms with Gasteiger partial charge in [0.2, 0.25) is 0 Å². The molecular formula is C25H38F2O3. The zero-order valence-corrected chi connectivity index (χ0v) is 18.4. The fourth-order valence-electron chi connectivity index (χ4n) is 4.95. The molecule has 1 heterocycles. The lowest BCUT2D eigenvalue weighted by atomic mass is 9.74. The third-order valence-corrected chi connectivity index (χ3v) is 6.82. The van der Waals surface area contributed by atoms with Crippen molar-refractivity contribution >= 4 is 0 Å². The molecule has 3 rings (SSSR count). The van der Waals surface area contributed by atoms with Crippen molar-refractivity contribution in [3.8, 4) is 5.75 Å². The van der Waals surface area contributed by atoms with Gasteiger partial charge < -0.3 is 14.2 Å². The van der Waals surface area contributed by atoms with Crippen LogP contribution in [0.5, 0.6) is 5.75 Å². The highest BCUT2D eigenvalue weighted by atomic mass is 19.3. The van der Waals surface area contributed by atoms with Crippen molar-refractivity contribution in [2.45, 2.75) is 90.5 Å². The van der Waals surface area contributed by atoms with Gasteiger partial charge in [-0.05, 0) is 36.8 Å². The molecule has 1 aliphatic carbocycles. The van der Waals surface area contributed by atoms with Crippen LogP contribution >= 0.6 is 0 Å². The molecule has 0 atom stereocenters. The summed E-state index contributed by atoms with van der Waals surface area (Å²) in [4.78, 5) is 0. The maximum atomic E-state index is 12.3. The molecule has 3 nitrogen and oxygen atoms in total. The molecule has 1 aliphatic heterocycles. The van der Waals surface area contributed by atoms with Gasteiger partial charge in [0.15, 0.2) is 6.29 Å². The molecule has 0 aromatic heterocycles. The van der Waals surface area contributed by atoms with Crippen molar-refractivity contribution in [3.63, 3.8) is 0 Å². The minimum absolute atomic E-state index is 0.153. The van der Waals surface area contributed by atoms with E-state index < -0.39 is 12.9 Å². The summed E-state index contributed by atoms with van der Waals surface area (Å²) < 4.78 is 40.9. The quantitative estimate of drug-likeness (QED) is 0.344. The van der Waals surface area contributed by atoms with Crippen LogP contribution in [-0.2, 0) is 9.47 Å². The molecule has 2 fully saturated rings. The second-order valence-corrected chi connectivity index (χ2v) is 9.04. The van der Waals surface area contributed by atoms with Crippen molar-refractivity contribution in [1.82, 2.24) is 0 Å². The summed E-state index contributed by atoms with van der Waals surface area (Å²) in [7, 11) is 0. The molecule has 2 aliphatic rings. The molecule has 0 unspecified atom stereocenters. The Kier molecular flexibility index (Phi) is 9.86. The minimum atomic E-state index is -2.81. The topological polar surface area (TPSA) is 27.7 Å². The van der Waals surface area contributed by atoms with Gasteiger partial charge in [-0.2, -0.15) is 8.78 Å². The number of alkyl halides is 2. The number of unbranched alkanes of at least 4 members (excludes halogenated alkanes) is 5. The Labute approximate surface area is 180 Å². The largest absolute Gasteiger partial charge is 0.435 e. The van der Waals surface area contributed by atoms with E-state index in [1.807, 2.05) is 0 Å². The molecule has 0 radical (unpaired) electrons. The maximum absolute atomic E-state index is 12.3. The van der Waals surface area contributed by atoms with Gasteiger partial charge in [0.25, 0.3) is 0 Å². The summed E-state index contributed by atoms with van der Waals surface area (Å²) >= 11 is 0. The van der Waals surface area contributed by atoms with Crippen molar-refractivity contribution < 1.29 is 23.0 Å². The molecule has 30 heavy (non-hydrogen) atoms. The Bertz CT molecular complexity index is 577. The summed E-state index contributed by atoms with van der Waals surface area (Å²) in [5.41, 5.74) is 0.845. The summed E-state index contributed by atoms with van der Waals surface area (Å²) in [6, 6.07) is 6.53. The third kappa shape index (κ3) is 7.49. The normalized spacial score (nSPS) is 27.3. The number of hydrogen-bond donors (Lipinski definition) is 0. The molecule has 170 valence electrons. The van der Waals surface area contributed by atoms with Gasteiger partial charge in [0, 0.05) is 11.5 Å².